The molecule has 1 atom stereocenters. The third kappa shape index (κ3) is 2.78. The van der Waals surface area contributed by atoms with Crippen molar-refractivity contribution in [2.75, 3.05) is 7.11 Å². The maximum atomic E-state index is 13.3. The van der Waals surface area contributed by atoms with Gasteiger partial charge in [0, 0.05) is 12.4 Å². The Balaban J connectivity index is 1.46. The van der Waals surface area contributed by atoms with Crippen LogP contribution >= 0.6 is 0 Å². The zero-order chi connectivity index (χ0) is 20.9. The number of aromatic nitrogens is 2. The van der Waals surface area contributed by atoms with E-state index in [2.05, 4.69) is 10.3 Å². The van der Waals surface area contributed by atoms with E-state index in [0.717, 1.165) is 27.7 Å². The Morgan fingerprint density at radius 1 is 1.07 bits per heavy atom. The summed E-state index contributed by atoms with van der Waals surface area (Å²) in [7, 11) is 1.63. The van der Waals surface area contributed by atoms with Crippen molar-refractivity contribution in [3.05, 3.63) is 78.2 Å². The van der Waals surface area contributed by atoms with E-state index in [0.29, 0.717) is 5.69 Å². The van der Waals surface area contributed by atoms with E-state index in [9.17, 15) is 9.59 Å². The highest BCUT2D eigenvalue weighted by Crippen LogP contribution is 2.32. The average molecular weight is 400 g/mol. The van der Waals surface area contributed by atoms with Crippen molar-refractivity contribution in [2.24, 2.45) is 0 Å². The van der Waals surface area contributed by atoms with Crippen LogP contribution in [0.15, 0.2) is 67.0 Å². The number of pyridine rings is 1. The number of amides is 3. The molecule has 0 unspecified atom stereocenters. The zero-order valence-corrected chi connectivity index (χ0v) is 16.6. The number of imidazole rings is 1. The van der Waals surface area contributed by atoms with E-state index < -0.39 is 11.6 Å². The largest absolute Gasteiger partial charge is 0.497 e. The Kier molecular flexibility index (Phi) is 3.99. The number of rotatable bonds is 4. The first kappa shape index (κ1) is 18.2. The van der Waals surface area contributed by atoms with Crippen molar-refractivity contribution >= 4 is 28.4 Å². The molecule has 0 aliphatic carbocycles. The minimum absolute atomic E-state index is 0.118. The predicted molar refractivity (Wildman–Crippen MR) is 112 cm³/mol. The number of nitrogens with zero attached hydrogens (tertiary/aromatic N) is 3. The van der Waals surface area contributed by atoms with Crippen LogP contribution in [0.4, 0.5) is 4.79 Å². The lowest BCUT2D eigenvalue weighted by Gasteiger charge is -2.22. The van der Waals surface area contributed by atoms with E-state index in [4.69, 9.17) is 4.74 Å². The SMILES string of the molecule is COc1ccc2cc([C@]3(C)NC(=O)N(Cc4cn5ccccc5n4)C3=O)ccc2c1. The fraction of sp³-hybridized carbons (Fsp3) is 0.174. The molecular formula is C23H20N4O3. The van der Waals surface area contributed by atoms with Crippen molar-refractivity contribution in [1.29, 1.82) is 0 Å². The number of benzene rings is 2. The quantitative estimate of drug-likeness (QED) is 0.532. The fourth-order valence-corrected chi connectivity index (χ4v) is 3.92. The summed E-state index contributed by atoms with van der Waals surface area (Å²) in [5.41, 5.74) is 1.02. The van der Waals surface area contributed by atoms with Crippen LogP contribution in [0.3, 0.4) is 0 Å². The van der Waals surface area contributed by atoms with E-state index >= 15 is 0 Å². The summed E-state index contributed by atoms with van der Waals surface area (Å²) in [6, 6.07) is 16.7. The van der Waals surface area contributed by atoms with Crippen molar-refractivity contribution in [1.82, 2.24) is 19.6 Å². The van der Waals surface area contributed by atoms with Crippen LogP contribution in [0.1, 0.15) is 18.2 Å². The second-order valence-corrected chi connectivity index (χ2v) is 7.57. The van der Waals surface area contributed by atoms with Gasteiger partial charge in [-0.15, -0.1) is 0 Å². The molecule has 4 aromatic rings. The molecule has 1 aliphatic heterocycles. The number of hydrogen-bond acceptors (Lipinski definition) is 4. The van der Waals surface area contributed by atoms with Gasteiger partial charge >= 0.3 is 6.03 Å². The van der Waals surface area contributed by atoms with Gasteiger partial charge in [0.05, 0.1) is 19.3 Å². The highest BCUT2D eigenvalue weighted by Gasteiger charge is 2.49. The van der Waals surface area contributed by atoms with Gasteiger partial charge in [0.1, 0.15) is 16.9 Å². The maximum absolute atomic E-state index is 13.3. The third-order valence-electron chi connectivity index (χ3n) is 5.63. The van der Waals surface area contributed by atoms with Gasteiger partial charge in [0.25, 0.3) is 5.91 Å². The minimum atomic E-state index is -1.13. The smallest absolute Gasteiger partial charge is 0.325 e. The molecule has 1 fully saturated rings. The molecule has 0 radical (unpaired) electrons. The second-order valence-electron chi connectivity index (χ2n) is 7.57. The molecule has 1 aliphatic rings. The number of fused-ring (bicyclic) bond motifs is 2. The summed E-state index contributed by atoms with van der Waals surface area (Å²) < 4.78 is 7.14. The van der Waals surface area contributed by atoms with Crippen molar-refractivity contribution in [2.45, 2.75) is 19.0 Å². The van der Waals surface area contributed by atoms with Gasteiger partial charge in [-0.05, 0) is 53.6 Å². The summed E-state index contributed by atoms with van der Waals surface area (Å²) in [6.07, 6.45) is 3.71. The van der Waals surface area contributed by atoms with Gasteiger partial charge in [-0.25, -0.2) is 9.78 Å². The first-order chi connectivity index (χ1) is 14.5. The lowest BCUT2D eigenvalue weighted by molar-refractivity contribution is -0.131. The van der Waals surface area contributed by atoms with Crippen LogP contribution in [0.5, 0.6) is 5.75 Å². The molecule has 2 aromatic heterocycles. The second kappa shape index (κ2) is 6.59. The topological polar surface area (TPSA) is 75.9 Å². The van der Waals surface area contributed by atoms with Crippen molar-refractivity contribution in [3.63, 3.8) is 0 Å². The molecule has 30 heavy (non-hydrogen) atoms. The van der Waals surface area contributed by atoms with Gasteiger partial charge in [-0.2, -0.15) is 0 Å². The number of nitrogens with one attached hydrogen (secondary N) is 1. The molecule has 0 saturated carbocycles. The average Bonchev–Trinajstić information content (AvgIpc) is 3.27. The lowest BCUT2D eigenvalue weighted by Crippen LogP contribution is -2.40. The Labute approximate surface area is 172 Å². The summed E-state index contributed by atoms with van der Waals surface area (Å²) in [4.78, 5) is 31.7. The molecule has 0 spiro atoms. The molecule has 5 rings (SSSR count). The highest BCUT2D eigenvalue weighted by atomic mass is 16.5. The molecule has 150 valence electrons. The molecule has 3 amide bonds. The molecule has 0 bridgehead atoms. The Hall–Kier alpha value is -3.87. The molecule has 1 saturated heterocycles. The van der Waals surface area contributed by atoms with Crippen LogP contribution in [0.25, 0.3) is 16.4 Å². The summed E-state index contributed by atoms with van der Waals surface area (Å²) in [5, 5.41) is 4.83. The van der Waals surface area contributed by atoms with E-state index in [-0.39, 0.29) is 12.5 Å². The highest BCUT2D eigenvalue weighted by molar-refractivity contribution is 6.07. The van der Waals surface area contributed by atoms with Crippen LogP contribution in [-0.4, -0.2) is 33.3 Å². The number of imide groups is 1. The number of methoxy groups -OCH3 is 1. The monoisotopic (exact) mass is 400 g/mol. The predicted octanol–water partition coefficient (Wildman–Crippen LogP) is 3.46. The fourth-order valence-electron chi connectivity index (χ4n) is 3.92. The standard InChI is InChI=1S/C23H20N4O3/c1-23(17-8-6-16-12-19(30-2)9-7-15(16)11-17)21(28)27(22(29)25-23)14-18-13-26-10-4-3-5-20(26)24-18/h3-13H,14H2,1-2H3,(H,25,29)/t23-/m0/s1. The number of urea groups is 1. The van der Waals surface area contributed by atoms with Crippen LogP contribution in [0, 0.1) is 0 Å². The van der Waals surface area contributed by atoms with Gasteiger partial charge in [0.2, 0.25) is 0 Å². The van der Waals surface area contributed by atoms with Crippen LogP contribution in [0.2, 0.25) is 0 Å². The van der Waals surface area contributed by atoms with Crippen molar-refractivity contribution < 1.29 is 14.3 Å². The maximum Gasteiger partial charge on any atom is 0.325 e. The van der Waals surface area contributed by atoms with Gasteiger partial charge < -0.3 is 14.5 Å². The van der Waals surface area contributed by atoms with Gasteiger partial charge in [-0.1, -0.05) is 24.3 Å². The number of carbonyl (C=O) groups is 2. The van der Waals surface area contributed by atoms with Gasteiger partial charge in [-0.3, -0.25) is 9.69 Å². The third-order valence-corrected chi connectivity index (χ3v) is 5.63. The lowest BCUT2D eigenvalue weighted by atomic mass is 9.90. The summed E-state index contributed by atoms with van der Waals surface area (Å²) in [5.74, 6) is 0.475. The Morgan fingerprint density at radius 3 is 2.67 bits per heavy atom. The number of ether oxygens (including phenoxy) is 1. The number of carbonyl (C=O) groups excluding carboxylic acids is 2. The molecule has 7 nitrogen and oxygen atoms in total. The Bertz CT molecular complexity index is 1280. The molecular weight excluding hydrogens is 380 g/mol. The molecule has 2 aromatic carbocycles. The van der Waals surface area contributed by atoms with Gasteiger partial charge in [0.15, 0.2) is 0 Å². The molecule has 7 heteroatoms. The van der Waals surface area contributed by atoms with E-state index in [1.165, 1.54) is 4.90 Å². The first-order valence-electron chi connectivity index (χ1n) is 9.63. The Morgan fingerprint density at radius 2 is 1.87 bits per heavy atom. The molecule has 3 heterocycles. The summed E-state index contributed by atoms with van der Waals surface area (Å²) in [6.45, 7) is 1.86. The van der Waals surface area contributed by atoms with Crippen LogP contribution in [-0.2, 0) is 16.9 Å². The van der Waals surface area contributed by atoms with Crippen LogP contribution < -0.4 is 10.1 Å². The van der Waals surface area contributed by atoms with Crippen molar-refractivity contribution in [3.8, 4) is 5.75 Å². The number of hydrogen-bond donors (Lipinski definition) is 1. The zero-order valence-electron chi connectivity index (χ0n) is 16.6. The van der Waals surface area contributed by atoms with E-state index in [1.807, 2.05) is 71.4 Å². The molecule has 1 N–H and O–H groups in total. The normalized spacial score (nSPS) is 18.9. The summed E-state index contributed by atoms with van der Waals surface area (Å²) >= 11 is 0. The van der Waals surface area contributed by atoms with E-state index in [1.54, 1.807) is 14.0 Å². The first-order valence-corrected chi connectivity index (χ1v) is 9.63. The minimum Gasteiger partial charge on any atom is -0.497 e.